The number of methoxy groups -OCH3 is 1. The second kappa shape index (κ2) is 10.3. The normalized spacial score (nSPS) is 20.3. The molecule has 0 bridgehead atoms. The minimum Gasteiger partial charge on any atom is -0.480 e. The molecule has 40 heavy (non-hydrogen) atoms. The Kier molecular flexibility index (Phi) is 6.98. The number of nitrogens with zero attached hydrogens (tertiary/aromatic N) is 5. The Morgan fingerprint density at radius 3 is 2.62 bits per heavy atom. The van der Waals surface area contributed by atoms with Crippen molar-refractivity contribution in [3.05, 3.63) is 35.8 Å². The summed E-state index contributed by atoms with van der Waals surface area (Å²) in [4.78, 5) is 46.7. The standard InChI is InChI=1S/C25H27F3N8O4/c1-12(37)30-8-14-4-19(36-20(14)21(29)32-11-33-36)13-3-16(23(40-2)31-7-13)22(38)34-18-10-35(9-17(18)26)24(39)15-5-25(27,28)6-15/h3-4,7,11,15,17-18H,5-6,8-10H2,1-2H3,(H,30,37)(H,34,38)(H2,29,32,33)/t17-,18+/m0/s1. The van der Waals surface area contributed by atoms with Gasteiger partial charge in [-0.05, 0) is 12.1 Å². The van der Waals surface area contributed by atoms with E-state index in [9.17, 15) is 27.6 Å². The number of fused-ring (bicyclic) bond motifs is 1. The summed E-state index contributed by atoms with van der Waals surface area (Å²) >= 11 is 0. The molecule has 1 aliphatic heterocycles. The van der Waals surface area contributed by atoms with Crippen molar-refractivity contribution in [3.8, 4) is 17.1 Å². The van der Waals surface area contributed by atoms with Crippen LogP contribution in [-0.2, 0) is 16.1 Å². The van der Waals surface area contributed by atoms with Gasteiger partial charge in [0.2, 0.25) is 23.6 Å². The van der Waals surface area contributed by atoms with Crippen LogP contribution in [0, 0.1) is 5.92 Å². The van der Waals surface area contributed by atoms with Gasteiger partial charge in [-0.2, -0.15) is 5.10 Å². The number of halogens is 3. The smallest absolute Gasteiger partial charge is 0.257 e. The van der Waals surface area contributed by atoms with Gasteiger partial charge in [-0.15, -0.1) is 0 Å². The molecular formula is C25H27F3N8O4. The topological polar surface area (TPSA) is 157 Å². The van der Waals surface area contributed by atoms with Crippen molar-refractivity contribution >= 4 is 29.1 Å². The summed E-state index contributed by atoms with van der Waals surface area (Å²) in [6, 6.07) is 2.17. The third-order valence-corrected chi connectivity index (χ3v) is 7.09. The second-order valence-corrected chi connectivity index (χ2v) is 9.95. The van der Waals surface area contributed by atoms with Crippen LogP contribution in [0.3, 0.4) is 0 Å². The molecule has 4 N–H and O–H groups in total. The number of ether oxygens (including phenoxy) is 1. The van der Waals surface area contributed by atoms with E-state index in [1.165, 1.54) is 42.0 Å². The summed E-state index contributed by atoms with van der Waals surface area (Å²) in [5.41, 5.74) is 8.10. The number of carbonyl (C=O) groups is 3. The summed E-state index contributed by atoms with van der Waals surface area (Å²) < 4.78 is 48.0. The summed E-state index contributed by atoms with van der Waals surface area (Å²) in [6.07, 6.45) is 0.0339. The average Bonchev–Trinajstić information content (AvgIpc) is 3.46. The van der Waals surface area contributed by atoms with E-state index in [1.54, 1.807) is 6.07 Å². The summed E-state index contributed by atoms with van der Waals surface area (Å²) in [6.45, 7) is 1.09. The van der Waals surface area contributed by atoms with Gasteiger partial charge < -0.3 is 26.0 Å². The molecule has 4 heterocycles. The van der Waals surface area contributed by atoms with Crippen molar-refractivity contribution in [1.29, 1.82) is 0 Å². The third-order valence-electron chi connectivity index (χ3n) is 7.09. The van der Waals surface area contributed by atoms with E-state index in [0.717, 1.165) is 0 Å². The molecule has 3 aromatic heterocycles. The highest BCUT2D eigenvalue weighted by Gasteiger charge is 2.51. The van der Waals surface area contributed by atoms with Crippen molar-refractivity contribution in [2.75, 3.05) is 25.9 Å². The number of pyridine rings is 1. The number of amides is 3. The lowest BCUT2D eigenvalue weighted by Gasteiger charge is -2.36. The lowest BCUT2D eigenvalue weighted by molar-refractivity contribution is -0.159. The molecular weight excluding hydrogens is 533 g/mol. The van der Waals surface area contributed by atoms with Gasteiger partial charge in [0.05, 0.1) is 25.4 Å². The first-order valence-electron chi connectivity index (χ1n) is 12.5. The Bertz CT molecular complexity index is 1490. The van der Waals surface area contributed by atoms with Crippen LogP contribution in [0.5, 0.6) is 5.88 Å². The van der Waals surface area contributed by atoms with Crippen molar-refractivity contribution in [1.82, 2.24) is 35.1 Å². The number of nitrogens with one attached hydrogen (secondary N) is 2. The van der Waals surface area contributed by atoms with Gasteiger partial charge in [-0.25, -0.2) is 27.7 Å². The molecule has 1 saturated heterocycles. The molecule has 5 rings (SSSR count). The van der Waals surface area contributed by atoms with Crippen LogP contribution in [0.25, 0.3) is 16.8 Å². The Labute approximate surface area is 226 Å². The summed E-state index contributed by atoms with van der Waals surface area (Å²) in [5, 5.41) is 9.54. The van der Waals surface area contributed by atoms with E-state index in [0.29, 0.717) is 22.3 Å². The van der Waals surface area contributed by atoms with E-state index >= 15 is 0 Å². The zero-order valence-corrected chi connectivity index (χ0v) is 21.7. The highest BCUT2D eigenvalue weighted by Crippen LogP contribution is 2.43. The van der Waals surface area contributed by atoms with Crippen LogP contribution in [0.2, 0.25) is 0 Å². The van der Waals surface area contributed by atoms with Gasteiger partial charge in [-0.1, -0.05) is 0 Å². The molecule has 1 saturated carbocycles. The van der Waals surface area contributed by atoms with Gasteiger partial charge in [0, 0.05) is 56.1 Å². The number of carbonyl (C=O) groups excluding carboxylic acids is 3. The zero-order valence-electron chi connectivity index (χ0n) is 21.7. The molecule has 3 amide bonds. The van der Waals surface area contributed by atoms with Crippen molar-refractivity contribution in [2.45, 2.75) is 44.4 Å². The molecule has 212 valence electrons. The number of rotatable bonds is 7. The maximum Gasteiger partial charge on any atom is 0.257 e. The van der Waals surface area contributed by atoms with Crippen molar-refractivity contribution in [2.24, 2.45) is 5.92 Å². The third kappa shape index (κ3) is 5.10. The Balaban J connectivity index is 1.39. The van der Waals surface area contributed by atoms with Crippen LogP contribution < -0.4 is 21.1 Å². The number of likely N-dealkylation sites (tertiary alicyclic amines) is 1. The van der Waals surface area contributed by atoms with Gasteiger partial charge in [-0.3, -0.25) is 14.4 Å². The van der Waals surface area contributed by atoms with Crippen molar-refractivity contribution < 1.29 is 32.3 Å². The SMILES string of the molecule is COc1ncc(-c2cc(CNC(C)=O)c3c(N)ncnn23)cc1C(=O)N[C@@H]1CN(C(=O)C2CC(F)(F)C2)C[C@@H]1F. The molecule has 0 radical (unpaired) electrons. The quantitative estimate of drug-likeness (QED) is 0.391. The Morgan fingerprint density at radius 1 is 1.20 bits per heavy atom. The molecule has 0 unspecified atom stereocenters. The van der Waals surface area contributed by atoms with Crippen molar-refractivity contribution in [3.63, 3.8) is 0 Å². The maximum absolute atomic E-state index is 14.8. The van der Waals surface area contributed by atoms with Gasteiger partial charge in [0.1, 0.15) is 23.6 Å². The first-order chi connectivity index (χ1) is 19.0. The molecule has 0 spiro atoms. The van der Waals surface area contributed by atoms with E-state index in [2.05, 4.69) is 25.7 Å². The van der Waals surface area contributed by atoms with E-state index in [-0.39, 0.29) is 42.8 Å². The molecule has 2 atom stereocenters. The fourth-order valence-corrected chi connectivity index (χ4v) is 5.04. The Morgan fingerprint density at radius 2 is 1.95 bits per heavy atom. The van der Waals surface area contributed by atoms with E-state index < -0.39 is 48.7 Å². The maximum atomic E-state index is 14.8. The van der Waals surface area contributed by atoms with Gasteiger partial charge >= 0.3 is 0 Å². The predicted octanol–water partition coefficient (Wildman–Crippen LogP) is 1.34. The zero-order chi connectivity index (χ0) is 28.8. The van der Waals surface area contributed by atoms with Gasteiger partial charge in [0.15, 0.2) is 5.82 Å². The molecule has 15 heteroatoms. The van der Waals surface area contributed by atoms with Crippen LogP contribution in [-0.4, -0.2) is 80.5 Å². The Hall–Kier alpha value is -4.43. The first-order valence-corrected chi connectivity index (χ1v) is 12.5. The molecule has 0 aromatic carbocycles. The highest BCUT2D eigenvalue weighted by molar-refractivity contribution is 5.98. The fourth-order valence-electron chi connectivity index (χ4n) is 5.04. The minimum absolute atomic E-state index is 0.00370. The number of hydrogen-bond acceptors (Lipinski definition) is 8. The number of nitrogen functional groups attached to an aromatic ring is 1. The second-order valence-electron chi connectivity index (χ2n) is 9.95. The largest absolute Gasteiger partial charge is 0.480 e. The highest BCUT2D eigenvalue weighted by atomic mass is 19.3. The number of alkyl halides is 3. The van der Waals surface area contributed by atoms with E-state index in [1.807, 2.05) is 0 Å². The molecule has 2 fully saturated rings. The molecule has 1 aliphatic carbocycles. The molecule has 2 aliphatic rings. The lowest BCUT2D eigenvalue weighted by atomic mass is 9.80. The predicted molar refractivity (Wildman–Crippen MR) is 135 cm³/mol. The summed E-state index contributed by atoms with van der Waals surface area (Å²) in [5.74, 6) is -5.03. The monoisotopic (exact) mass is 560 g/mol. The number of nitrogens with two attached hydrogens (primary N) is 1. The average molecular weight is 561 g/mol. The van der Waals surface area contributed by atoms with E-state index in [4.69, 9.17) is 10.5 Å². The first kappa shape index (κ1) is 27.1. The lowest BCUT2D eigenvalue weighted by Crippen LogP contribution is -2.47. The fraction of sp³-hybridized carbons (Fsp3) is 0.440. The number of anilines is 1. The number of aromatic nitrogens is 4. The van der Waals surface area contributed by atoms with Crippen LogP contribution >= 0.6 is 0 Å². The minimum atomic E-state index is -2.87. The number of hydrogen-bond donors (Lipinski definition) is 3. The molecule has 12 nitrogen and oxygen atoms in total. The summed E-state index contributed by atoms with van der Waals surface area (Å²) in [7, 11) is 1.33. The van der Waals surface area contributed by atoms with Crippen LogP contribution in [0.1, 0.15) is 35.7 Å². The van der Waals surface area contributed by atoms with Crippen LogP contribution in [0.4, 0.5) is 19.0 Å². The van der Waals surface area contributed by atoms with Crippen LogP contribution in [0.15, 0.2) is 24.7 Å². The van der Waals surface area contributed by atoms with Gasteiger partial charge in [0.25, 0.3) is 5.91 Å². The molecule has 3 aromatic rings.